The van der Waals surface area contributed by atoms with Crippen LogP contribution in [0.5, 0.6) is 5.75 Å². The molecule has 3 aromatic rings. The van der Waals surface area contributed by atoms with Gasteiger partial charge in [0.2, 0.25) is 11.8 Å². The average Bonchev–Trinajstić information content (AvgIpc) is 2.95. The fourth-order valence-electron chi connectivity index (χ4n) is 4.32. The molecule has 0 spiro atoms. The molecule has 10 heteroatoms. The molecule has 2 amide bonds. The zero-order valence-corrected chi connectivity index (χ0v) is 25.7. The number of anilines is 1. The van der Waals surface area contributed by atoms with Gasteiger partial charge >= 0.3 is 0 Å². The number of amides is 2. The van der Waals surface area contributed by atoms with Crippen molar-refractivity contribution >= 4 is 39.1 Å². The minimum absolute atomic E-state index is 0.000344. The average molecular weight is 600 g/mol. The first-order valence-electron chi connectivity index (χ1n) is 13.5. The fourth-order valence-corrected chi connectivity index (χ4v) is 5.85. The van der Waals surface area contributed by atoms with Crippen LogP contribution >= 0.6 is 11.6 Å². The van der Waals surface area contributed by atoms with E-state index in [1.54, 1.807) is 37.4 Å². The van der Waals surface area contributed by atoms with Crippen LogP contribution in [-0.4, -0.2) is 51.4 Å². The van der Waals surface area contributed by atoms with Gasteiger partial charge < -0.3 is 15.0 Å². The number of ether oxygens (including phenoxy) is 1. The van der Waals surface area contributed by atoms with E-state index in [1.807, 2.05) is 45.9 Å². The van der Waals surface area contributed by atoms with Gasteiger partial charge in [0, 0.05) is 18.1 Å². The van der Waals surface area contributed by atoms with Crippen LogP contribution < -0.4 is 14.4 Å². The maximum absolute atomic E-state index is 14.1. The molecule has 0 aliphatic carbocycles. The largest absolute Gasteiger partial charge is 0.497 e. The Balaban J connectivity index is 2.04. The normalized spacial score (nSPS) is 12.1. The van der Waals surface area contributed by atoms with Gasteiger partial charge in [-0.2, -0.15) is 0 Å². The first kappa shape index (κ1) is 32.0. The van der Waals surface area contributed by atoms with Crippen molar-refractivity contribution in [1.82, 2.24) is 10.2 Å². The van der Waals surface area contributed by atoms with Crippen LogP contribution in [0.4, 0.5) is 5.69 Å². The number of aryl methyl sites for hydroxylation is 1. The number of benzene rings is 3. The highest BCUT2D eigenvalue weighted by Crippen LogP contribution is 2.26. The summed E-state index contributed by atoms with van der Waals surface area (Å²) in [5.41, 5.74) is 1.95. The number of hydrogen-bond acceptors (Lipinski definition) is 5. The van der Waals surface area contributed by atoms with Gasteiger partial charge in [-0.1, -0.05) is 56.6 Å². The number of rotatable bonds is 13. The van der Waals surface area contributed by atoms with E-state index < -0.39 is 28.5 Å². The maximum Gasteiger partial charge on any atom is 0.264 e. The van der Waals surface area contributed by atoms with Gasteiger partial charge in [0.05, 0.1) is 17.7 Å². The van der Waals surface area contributed by atoms with E-state index >= 15 is 0 Å². The van der Waals surface area contributed by atoms with Gasteiger partial charge in [0.1, 0.15) is 18.3 Å². The molecule has 220 valence electrons. The van der Waals surface area contributed by atoms with Gasteiger partial charge in [0.15, 0.2) is 0 Å². The number of nitrogens with one attached hydrogen (secondary N) is 1. The Bertz CT molecular complexity index is 1430. The molecule has 0 radical (unpaired) electrons. The Morgan fingerprint density at radius 1 is 1.00 bits per heavy atom. The summed E-state index contributed by atoms with van der Waals surface area (Å²) in [6.45, 7) is 7.72. The predicted octanol–water partition coefficient (Wildman–Crippen LogP) is 5.43. The summed E-state index contributed by atoms with van der Waals surface area (Å²) >= 11 is 6.01. The van der Waals surface area contributed by atoms with Gasteiger partial charge in [-0.05, 0) is 78.9 Å². The summed E-state index contributed by atoms with van der Waals surface area (Å²) < 4.78 is 34.2. The van der Waals surface area contributed by atoms with Gasteiger partial charge in [0.25, 0.3) is 10.0 Å². The lowest BCUT2D eigenvalue weighted by Gasteiger charge is -2.33. The number of methoxy groups -OCH3 is 1. The summed E-state index contributed by atoms with van der Waals surface area (Å²) in [6, 6.07) is 19.1. The monoisotopic (exact) mass is 599 g/mol. The molecule has 3 rings (SSSR count). The minimum atomic E-state index is -4.16. The maximum atomic E-state index is 14.1. The van der Waals surface area contributed by atoms with Crippen LogP contribution in [-0.2, 0) is 26.2 Å². The summed E-state index contributed by atoms with van der Waals surface area (Å²) in [4.78, 5) is 28.9. The summed E-state index contributed by atoms with van der Waals surface area (Å²) in [6.07, 6.45) is 0.347. The topological polar surface area (TPSA) is 96.0 Å². The lowest BCUT2D eigenvalue weighted by molar-refractivity contribution is -0.140. The van der Waals surface area contributed by atoms with Crippen LogP contribution in [0.25, 0.3) is 0 Å². The third kappa shape index (κ3) is 8.47. The predicted molar refractivity (Wildman–Crippen MR) is 163 cm³/mol. The number of nitrogens with zero attached hydrogens (tertiary/aromatic N) is 2. The van der Waals surface area contributed by atoms with Crippen LogP contribution in [0.3, 0.4) is 0 Å². The standard InChI is InChI=1S/C31H38ClN3O5S/c1-6-29(31(37)33-19-22(2)3)34(20-24-10-14-27(40-5)15-11-24)30(36)21-35(26-9-7-8-23(4)18-26)41(38,39)28-16-12-25(32)13-17-28/h7-18,22,29H,6,19-21H2,1-5H3,(H,33,37)/t29-/m0/s1. The molecule has 1 N–H and O–H groups in total. The quantitative estimate of drug-likeness (QED) is 0.283. The Hall–Kier alpha value is -3.56. The third-order valence-electron chi connectivity index (χ3n) is 6.55. The Labute approximate surface area is 248 Å². The highest BCUT2D eigenvalue weighted by Gasteiger charge is 2.33. The van der Waals surface area contributed by atoms with E-state index in [9.17, 15) is 18.0 Å². The molecule has 0 aliphatic heterocycles. The van der Waals surface area contributed by atoms with Crippen molar-refractivity contribution in [2.45, 2.75) is 51.6 Å². The van der Waals surface area contributed by atoms with Gasteiger partial charge in [-0.3, -0.25) is 13.9 Å². The van der Waals surface area contributed by atoms with E-state index in [0.717, 1.165) is 15.4 Å². The minimum Gasteiger partial charge on any atom is -0.497 e. The van der Waals surface area contributed by atoms with E-state index in [2.05, 4.69) is 5.32 Å². The Morgan fingerprint density at radius 3 is 2.22 bits per heavy atom. The molecule has 0 bridgehead atoms. The molecule has 0 unspecified atom stereocenters. The highest BCUT2D eigenvalue weighted by molar-refractivity contribution is 7.92. The zero-order chi connectivity index (χ0) is 30.2. The molecule has 0 saturated heterocycles. The summed E-state index contributed by atoms with van der Waals surface area (Å²) in [7, 11) is -2.59. The van der Waals surface area contributed by atoms with Crippen molar-refractivity contribution in [3.8, 4) is 5.75 Å². The molecule has 0 saturated carbocycles. The second kappa shape index (κ2) is 14.4. The van der Waals surface area contributed by atoms with Crippen molar-refractivity contribution < 1.29 is 22.7 Å². The Kier molecular flexibility index (Phi) is 11.2. The van der Waals surface area contributed by atoms with E-state index in [4.69, 9.17) is 16.3 Å². The summed E-state index contributed by atoms with van der Waals surface area (Å²) in [5, 5.41) is 3.32. The second-order valence-corrected chi connectivity index (χ2v) is 12.5. The Morgan fingerprint density at radius 2 is 1.66 bits per heavy atom. The SMILES string of the molecule is CC[C@@H](C(=O)NCC(C)C)N(Cc1ccc(OC)cc1)C(=O)CN(c1cccc(C)c1)S(=O)(=O)c1ccc(Cl)cc1. The lowest BCUT2D eigenvalue weighted by atomic mass is 10.1. The lowest BCUT2D eigenvalue weighted by Crippen LogP contribution is -2.52. The molecule has 0 aromatic heterocycles. The van der Waals surface area contributed by atoms with Crippen LogP contribution in [0.1, 0.15) is 38.3 Å². The molecule has 0 fully saturated rings. The molecular weight excluding hydrogens is 562 g/mol. The van der Waals surface area contributed by atoms with Crippen molar-refractivity contribution in [3.05, 3.63) is 88.9 Å². The number of sulfonamides is 1. The highest BCUT2D eigenvalue weighted by atomic mass is 35.5. The van der Waals surface area contributed by atoms with Crippen molar-refractivity contribution in [1.29, 1.82) is 0 Å². The first-order chi connectivity index (χ1) is 19.5. The van der Waals surface area contributed by atoms with E-state index in [1.165, 1.54) is 29.2 Å². The zero-order valence-electron chi connectivity index (χ0n) is 24.1. The van der Waals surface area contributed by atoms with Crippen molar-refractivity contribution in [2.75, 3.05) is 24.5 Å². The second-order valence-electron chi connectivity index (χ2n) is 10.2. The van der Waals surface area contributed by atoms with E-state index in [-0.39, 0.29) is 23.3 Å². The molecule has 8 nitrogen and oxygen atoms in total. The smallest absolute Gasteiger partial charge is 0.264 e. The number of hydrogen-bond donors (Lipinski definition) is 1. The number of carbonyl (C=O) groups is 2. The van der Waals surface area contributed by atoms with E-state index in [0.29, 0.717) is 29.4 Å². The first-order valence-corrected chi connectivity index (χ1v) is 15.3. The molecular formula is C31H38ClN3O5S. The molecule has 3 aromatic carbocycles. The molecule has 0 heterocycles. The number of carbonyl (C=O) groups excluding carboxylic acids is 2. The van der Waals surface area contributed by atoms with Gasteiger partial charge in [-0.15, -0.1) is 0 Å². The fraction of sp³-hybridized carbons (Fsp3) is 0.355. The van der Waals surface area contributed by atoms with Crippen molar-refractivity contribution in [3.63, 3.8) is 0 Å². The van der Waals surface area contributed by atoms with Crippen LogP contribution in [0.15, 0.2) is 77.7 Å². The molecule has 41 heavy (non-hydrogen) atoms. The van der Waals surface area contributed by atoms with Crippen molar-refractivity contribution in [2.24, 2.45) is 5.92 Å². The van der Waals surface area contributed by atoms with Gasteiger partial charge in [-0.25, -0.2) is 8.42 Å². The number of halogens is 1. The van der Waals surface area contributed by atoms with Crippen LogP contribution in [0, 0.1) is 12.8 Å². The third-order valence-corrected chi connectivity index (χ3v) is 8.59. The van der Waals surface area contributed by atoms with Crippen LogP contribution in [0.2, 0.25) is 5.02 Å². The molecule has 1 atom stereocenters. The summed E-state index contributed by atoms with van der Waals surface area (Å²) in [5.74, 6) is 0.0914. The molecule has 0 aliphatic rings.